The summed E-state index contributed by atoms with van der Waals surface area (Å²) in [6.45, 7) is 3.76. The van der Waals surface area contributed by atoms with Crippen molar-refractivity contribution in [2.45, 2.75) is 37.6 Å². The molecule has 3 aromatic rings. The highest BCUT2D eigenvalue weighted by molar-refractivity contribution is 7.89. The molecule has 174 valence electrons. The average Bonchev–Trinajstić information content (AvgIpc) is 3.34. The molecule has 0 aliphatic carbocycles. The monoisotopic (exact) mass is 468 g/mol. The fourth-order valence-electron chi connectivity index (χ4n) is 3.85. The summed E-state index contributed by atoms with van der Waals surface area (Å²) in [7, 11) is -3.72. The standard InChI is InChI=1S/C24H28N4O4S/c1-2-32-22-12-11-21(17-23(22)33(30,31)28-15-4-3-5-16-28)26-24(29)20-9-7-19(8-10-20)18-27-14-6-13-25-27/h6-14,17H,2-5,15-16,18H2,1H3,(H,26,29). The van der Waals surface area contributed by atoms with Gasteiger partial charge in [-0.15, -0.1) is 0 Å². The van der Waals surface area contributed by atoms with Gasteiger partial charge in [0.1, 0.15) is 10.6 Å². The van der Waals surface area contributed by atoms with Crippen molar-refractivity contribution in [1.29, 1.82) is 0 Å². The largest absolute Gasteiger partial charge is 0.492 e. The number of ether oxygens (including phenoxy) is 1. The van der Waals surface area contributed by atoms with Crippen LogP contribution in [0.4, 0.5) is 5.69 Å². The number of sulfonamides is 1. The van der Waals surface area contributed by atoms with Gasteiger partial charge in [0.2, 0.25) is 10.0 Å². The topological polar surface area (TPSA) is 93.5 Å². The van der Waals surface area contributed by atoms with Gasteiger partial charge in [-0.25, -0.2) is 8.42 Å². The molecule has 1 saturated heterocycles. The Morgan fingerprint density at radius 1 is 1.09 bits per heavy atom. The molecular weight excluding hydrogens is 440 g/mol. The number of aromatic nitrogens is 2. The van der Waals surface area contributed by atoms with Gasteiger partial charge < -0.3 is 10.1 Å². The fraction of sp³-hybridized carbons (Fsp3) is 0.333. The first-order valence-electron chi connectivity index (χ1n) is 11.1. The third-order valence-electron chi connectivity index (χ3n) is 5.55. The van der Waals surface area contributed by atoms with E-state index in [4.69, 9.17) is 4.74 Å². The number of hydrogen-bond donors (Lipinski definition) is 1. The lowest BCUT2D eigenvalue weighted by atomic mass is 10.1. The van der Waals surface area contributed by atoms with Crippen LogP contribution in [0.3, 0.4) is 0 Å². The summed E-state index contributed by atoms with van der Waals surface area (Å²) in [5.41, 5.74) is 1.90. The molecule has 2 aromatic carbocycles. The van der Waals surface area contributed by atoms with Crippen molar-refractivity contribution in [3.63, 3.8) is 0 Å². The van der Waals surface area contributed by atoms with Crippen molar-refractivity contribution in [3.05, 3.63) is 72.1 Å². The van der Waals surface area contributed by atoms with Gasteiger partial charge in [-0.1, -0.05) is 18.6 Å². The van der Waals surface area contributed by atoms with Crippen molar-refractivity contribution in [1.82, 2.24) is 14.1 Å². The van der Waals surface area contributed by atoms with Crippen LogP contribution in [0.2, 0.25) is 0 Å². The van der Waals surface area contributed by atoms with Crippen molar-refractivity contribution in [2.75, 3.05) is 25.0 Å². The van der Waals surface area contributed by atoms with E-state index in [2.05, 4.69) is 10.4 Å². The Balaban J connectivity index is 1.52. The van der Waals surface area contributed by atoms with E-state index in [0.29, 0.717) is 43.2 Å². The summed E-state index contributed by atoms with van der Waals surface area (Å²) in [4.78, 5) is 12.9. The molecule has 33 heavy (non-hydrogen) atoms. The van der Waals surface area contributed by atoms with Crippen LogP contribution in [0.5, 0.6) is 5.75 Å². The second kappa shape index (κ2) is 10.2. The van der Waals surface area contributed by atoms with E-state index in [0.717, 1.165) is 24.8 Å². The van der Waals surface area contributed by atoms with Crippen molar-refractivity contribution in [3.8, 4) is 5.75 Å². The van der Waals surface area contributed by atoms with Crippen molar-refractivity contribution in [2.24, 2.45) is 0 Å². The summed E-state index contributed by atoms with van der Waals surface area (Å²) in [5.74, 6) is -0.0184. The van der Waals surface area contributed by atoms with Crippen LogP contribution >= 0.6 is 0 Å². The molecule has 0 unspecified atom stereocenters. The number of hydrogen-bond acceptors (Lipinski definition) is 5. The second-order valence-electron chi connectivity index (χ2n) is 7.91. The van der Waals surface area contributed by atoms with Crippen LogP contribution in [-0.2, 0) is 16.6 Å². The number of piperidine rings is 1. The average molecular weight is 469 g/mol. The minimum absolute atomic E-state index is 0.0821. The molecule has 0 saturated carbocycles. The number of anilines is 1. The van der Waals surface area contributed by atoms with E-state index in [1.807, 2.05) is 31.3 Å². The number of benzene rings is 2. The molecule has 1 amide bonds. The van der Waals surface area contributed by atoms with Gasteiger partial charge in [-0.05, 0) is 61.7 Å². The Bertz CT molecular complexity index is 1190. The maximum Gasteiger partial charge on any atom is 0.255 e. The smallest absolute Gasteiger partial charge is 0.255 e. The van der Waals surface area contributed by atoms with Crippen molar-refractivity contribution >= 4 is 21.6 Å². The zero-order chi connectivity index (χ0) is 23.3. The Labute approximate surface area is 194 Å². The van der Waals surface area contributed by atoms with Gasteiger partial charge in [0, 0.05) is 36.7 Å². The lowest BCUT2D eigenvalue weighted by Crippen LogP contribution is -2.35. The quantitative estimate of drug-likeness (QED) is 0.543. The lowest BCUT2D eigenvalue weighted by molar-refractivity contribution is 0.102. The first-order valence-corrected chi connectivity index (χ1v) is 12.6. The highest BCUT2D eigenvalue weighted by Gasteiger charge is 2.29. The maximum atomic E-state index is 13.3. The second-order valence-corrected chi connectivity index (χ2v) is 9.82. The van der Waals surface area contributed by atoms with E-state index in [1.54, 1.807) is 35.1 Å². The normalized spacial score (nSPS) is 14.7. The van der Waals surface area contributed by atoms with Crippen LogP contribution in [0.15, 0.2) is 65.8 Å². The number of amides is 1. The van der Waals surface area contributed by atoms with Gasteiger partial charge in [0.25, 0.3) is 5.91 Å². The Morgan fingerprint density at radius 2 is 1.85 bits per heavy atom. The molecule has 1 aliphatic heterocycles. The number of carbonyl (C=O) groups excluding carboxylic acids is 1. The molecule has 0 radical (unpaired) electrons. The van der Waals surface area contributed by atoms with Gasteiger partial charge >= 0.3 is 0 Å². The molecule has 1 fully saturated rings. The Kier molecular flexibility index (Phi) is 7.10. The van der Waals surface area contributed by atoms with E-state index in [1.165, 1.54) is 10.4 Å². The zero-order valence-corrected chi connectivity index (χ0v) is 19.4. The predicted octanol–water partition coefficient (Wildman–Crippen LogP) is 3.76. The minimum Gasteiger partial charge on any atom is -0.492 e. The maximum absolute atomic E-state index is 13.3. The highest BCUT2D eigenvalue weighted by atomic mass is 32.2. The minimum atomic E-state index is -3.72. The zero-order valence-electron chi connectivity index (χ0n) is 18.6. The van der Waals surface area contributed by atoms with E-state index < -0.39 is 10.0 Å². The molecule has 0 atom stereocenters. The first kappa shape index (κ1) is 23.0. The summed E-state index contributed by atoms with van der Waals surface area (Å²) in [5, 5.41) is 6.99. The molecule has 8 nitrogen and oxygen atoms in total. The van der Waals surface area contributed by atoms with Gasteiger partial charge in [0.15, 0.2) is 0 Å². The highest BCUT2D eigenvalue weighted by Crippen LogP contribution is 2.31. The van der Waals surface area contributed by atoms with Crippen LogP contribution in [0.1, 0.15) is 42.1 Å². The molecule has 1 aromatic heterocycles. The molecule has 4 rings (SSSR count). The van der Waals surface area contributed by atoms with Crippen LogP contribution in [-0.4, -0.2) is 48.1 Å². The van der Waals surface area contributed by atoms with E-state index in [9.17, 15) is 13.2 Å². The molecule has 9 heteroatoms. The first-order chi connectivity index (χ1) is 16.0. The molecule has 0 spiro atoms. The Hall–Kier alpha value is -3.17. The summed E-state index contributed by atoms with van der Waals surface area (Å²) in [6.07, 6.45) is 6.31. The van der Waals surface area contributed by atoms with Crippen LogP contribution in [0, 0.1) is 0 Å². The van der Waals surface area contributed by atoms with Crippen LogP contribution in [0.25, 0.3) is 0 Å². The summed E-state index contributed by atoms with van der Waals surface area (Å²) in [6, 6.07) is 13.8. The van der Waals surface area contributed by atoms with Crippen LogP contribution < -0.4 is 10.1 Å². The molecule has 1 N–H and O–H groups in total. The third-order valence-corrected chi connectivity index (χ3v) is 7.47. The molecule has 2 heterocycles. The Morgan fingerprint density at radius 3 is 2.52 bits per heavy atom. The fourth-order valence-corrected chi connectivity index (χ4v) is 5.53. The van der Waals surface area contributed by atoms with Gasteiger partial charge in [0.05, 0.1) is 13.2 Å². The van der Waals surface area contributed by atoms with Crippen molar-refractivity contribution < 1.29 is 17.9 Å². The number of rotatable bonds is 8. The van der Waals surface area contributed by atoms with Gasteiger partial charge in [-0.3, -0.25) is 9.48 Å². The lowest BCUT2D eigenvalue weighted by Gasteiger charge is -2.27. The molecule has 1 aliphatic rings. The predicted molar refractivity (Wildman–Crippen MR) is 126 cm³/mol. The number of carbonyl (C=O) groups is 1. The SMILES string of the molecule is CCOc1ccc(NC(=O)c2ccc(Cn3cccn3)cc2)cc1S(=O)(=O)N1CCCCC1. The van der Waals surface area contributed by atoms with E-state index in [-0.39, 0.29) is 10.8 Å². The summed E-state index contributed by atoms with van der Waals surface area (Å²) < 4.78 is 35.5. The summed E-state index contributed by atoms with van der Waals surface area (Å²) >= 11 is 0. The van der Waals surface area contributed by atoms with Gasteiger partial charge in [-0.2, -0.15) is 9.40 Å². The molecular formula is C24H28N4O4S. The third kappa shape index (κ3) is 5.43. The number of nitrogens with one attached hydrogen (secondary N) is 1. The van der Waals surface area contributed by atoms with E-state index >= 15 is 0 Å². The number of nitrogens with zero attached hydrogens (tertiary/aromatic N) is 3. The molecule has 0 bridgehead atoms.